The number of hydrogen-bond acceptors (Lipinski definition) is 6. The number of amides is 1. The van der Waals surface area contributed by atoms with Gasteiger partial charge in [-0.05, 0) is 0 Å². The molecule has 8 heteroatoms. The van der Waals surface area contributed by atoms with Crippen LogP contribution >= 0.6 is 23.1 Å². The van der Waals surface area contributed by atoms with Gasteiger partial charge in [-0.1, -0.05) is 36.9 Å². The Labute approximate surface area is 124 Å². The van der Waals surface area contributed by atoms with E-state index in [1.807, 2.05) is 13.8 Å². The third kappa shape index (κ3) is 3.80. The van der Waals surface area contributed by atoms with Crippen LogP contribution in [0.15, 0.2) is 21.0 Å². The molecule has 0 fully saturated rings. The van der Waals surface area contributed by atoms with Gasteiger partial charge >= 0.3 is 0 Å². The van der Waals surface area contributed by atoms with E-state index < -0.39 is 5.50 Å². The minimum Gasteiger partial charge on any atom is -0.442 e. The van der Waals surface area contributed by atoms with Gasteiger partial charge in [0.25, 0.3) is 0 Å². The van der Waals surface area contributed by atoms with Crippen LogP contribution in [0.2, 0.25) is 0 Å². The maximum Gasteiger partial charge on any atom is 0.240 e. The highest BCUT2D eigenvalue weighted by Crippen LogP contribution is 2.40. The molecule has 0 bridgehead atoms. The first-order chi connectivity index (χ1) is 9.45. The van der Waals surface area contributed by atoms with Gasteiger partial charge in [0.2, 0.25) is 17.3 Å². The normalized spacial score (nSPS) is 12.7. The third-order valence-corrected chi connectivity index (χ3v) is 4.28. The molecule has 1 atom stereocenters. The summed E-state index contributed by atoms with van der Waals surface area (Å²) < 4.78 is 20.1. The highest BCUT2D eigenvalue weighted by molar-refractivity contribution is 8.01. The van der Waals surface area contributed by atoms with Gasteiger partial charge < -0.3 is 9.73 Å². The van der Waals surface area contributed by atoms with E-state index in [1.165, 1.54) is 24.5 Å². The molecule has 20 heavy (non-hydrogen) atoms. The summed E-state index contributed by atoms with van der Waals surface area (Å²) in [5.74, 6) is 0.671. The predicted octanol–water partition coefficient (Wildman–Crippen LogP) is 3.97. The molecule has 1 N–H and O–H groups in total. The summed E-state index contributed by atoms with van der Waals surface area (Å²) in [6, 6.07) is 0. The molecule has 2 rings (SSSR count). The Morgan fingerprint density at radius 3 is 2.80 bits per heavy atom. The Hall–Kier alpha value is -1.41. The number of hydrogen-bond donors (Lipinski definition) is 1. The number of nitrogens with zero attached hydrogens (tertiary/aromatic N) is 2. The molecule has 0 saturated carbocycles. The number of anilines is 1. The van der Waals surface area contributed by atoms with Gasteiger partial charge in [0.1, 0.15) is 5.76 Å². The predicted molar refractivity (Wildman–Crippen MR) is 76.7 cm³/mol. The fraction of sp³-hybridized carbons (Fsp3) is 0.417. The van der Waals surface area contributed by atoms with Gasteiger partial charge in [0.15, 0.2) is 5.13 Å². The summed E-state index contributed by atoms with van der Waals surface area (Å²) in [5, 5.41) is 3.00. The number of halogens is 1. The zero-order chi connectivity index (χ0) is 14.7. The number of aromatic nitrogens is 2. The fourth-order valence-electron chi connectivity index (χ4n) is 1.35. The van der Waals surface area contributed by atoms with E-state index in [1.54, 1.807) is 6.20 Å². The summed E-state index contributed by atoms with van der Waals surface area (Å²) in [5.41, 5.74) is -1.40. The van der Waals surface area contributed by atoms with Gasteiger partial charge in [-0.3, -0.25) is 4.79 Å². The van der Waals surface area contributed by atoms with Gasteiger partial charge in [-0.15, -0.1) is 0 Å². The average molecular weight is 315 g/mol. The van der Waals surface area contributed by atoms with Crippen LogP contribution < -0.4 is 5.32 Å². The highest BCUT2D eigenvalue weighted by atomic mass is 32.2. The van der Waals surface area contributed by atoms with Crippen LogP contribution in [0.1, 0.15) is 43.8 Å². The summed E-state index contributed by atoms with van der Waals surface area (Å²) in [6.07, 6.45) is 3.06. The second-order valence-electron chi connectivity index (χ2n) is 4.36. The fourth-order valence-corrected chi connectivity index (χ4v) is 3.15. The first-order valence-corrected chi connectivity index (χ1v) is 7.65. The Kier molecular flexibility index (Phi) is 4.77. The van der Waals surface area contributed by atoms with Crippen molar-refractivity contribution in [1.82, 2.24) is 9.97 Å². The number of carbonyl (C=O) groups excluding carboxylic acids is 1. The average Bonchev–Trinajstić information content (AvgIpc) is 2.97. The van der Waals surface area contributed by atoms with Crippen LogP contribution in [-0.4, -0.2) is 15.9 Å². The molecule has 108 valence electrons. The van der Waals surface area contributed by atoms with E-state index in [0.29, 0.717) is 15.1 Å². The van der Waals surface area contributed by atoms with Crippen molar-refractivity contribution in [3.05, 3.63) is 24.0 Å². The van der Waals surface area contributed by atoms with Gasteiger partial charge in [0.05, 0.1) is 16.6 Å². The Balaban J connectivity index is 2.01. The molecule has 1 unspecified atom stereocenters. The highest BCUT2D eigenvalue weighted by Gasteiger charge is 2.20. The van der Waals surface area contributed by atoms with E-state index in [4.69, 9.17) is 4.42 Å². The Bertz CT molecular complexity index is 597. The first kappa shape index (κ1) is 15.0. The van der Waals surface area contributed by atoms with Crippen LogP contribution in [0, 0.1) is 0 Å². The van der Waals surface area contributed by atoms with Crippen molar-refractivity contribution < 1.29 is 13.6 Å². The standard InChI is InChI=1S/C12H14FN3O2S2/c1-6(2)8-4-14-11(18-8)10(13)19-9-5-15-12(20-9)16-7(3)17/h4-6,10H,1-3H3,(H,15,16,17). The topological polar surface area (TPSA) is 68.0 Å². The van der Waals surface area contributed by atoms with E-state index in [9.17, 15) is 9.18 Å². The summed E-state index contributed by atoms with van der Waals surface area (Å²) in [4.78, 5) is 18.8. The molecule has 0 aliphatic heterocycles. The molecular weight excluding hydrogens is 301 g/mol. The summed E-state index contributed by atoms with van der Waals surface area (Å²) in [6.45, 7) is 5.30. The molecule has 0 radical (unpaired) electrons. The SMILES string of the molecule is CC(=O)Nc1ncc(SC(F)c2ncc(C(C)C)o2)s1. The van der Waals surface area contributed by atoms with Crippen molar-refractivity contribution in [2.75, 3.05) is 5.32 Å². The lowest BCUT2D eigenvalue weighted by molar-refractivity contribution is -0.114. The van der Waals surface area contributed by atoms with E-state index in [0.717, 1.165) is 11.8 Å². The van der Waals surface area contributed by atoms with Crippen molar-refractivity contribution in [3.63, 3.8) is 0 Å². The largest absolute Gasteiger partial charge is 0.442 e. The minimum absolute atomic E-state index is 0.0492. The lowest BCUT2D eigenvalue weighted by Gasteiger charge is -2.01. The zero-order valence-electron chi connectivity index (χ0n) is 11.2. The third-order valence-electron chi connectivity index (χ3n) is 2.29. The number of oxazole rings is 1. The molecule has 0 aliphatic rings. The van der Waals surface area contributed by atoms with Crippen LogP contribution in [-0.2, 0) is 4.79 Å². The summed E-state index contributed by atoms with van der Waals surface area (Å²) in [7, 11) is 0. The molecule has 2 aromatic heterocycles. The number of thiazole rings is 1. The second kappa shape index (κ2) is 6.36. The molecular formula is C12H14FN3O2S2. The van der Waals surface area contributed by atoms with E-state index in [-0.39, 0.29) is 17.7 Å². The van der Waals surface area contributed by atoms with Crippen LogP contribution in [0.4, 0.5) is 9.52 Å². The van der Waals surface area contributed by atoms with Crippen molar-refractivity contribution in [2.24, 2.45) is 0 Å². The molecule has 0 saturated heterocycles. The Morgan fingerprint density at radius 1 is 1.45 bits per heavy atom. The lowest BCUT2D eigenvalue weighted by Crippen LogP contribution is -2.04. The van der Waals surface area contributed by atoms with Gasteiger partial charge in [0, 0.05) is 12.8 Å². The quantitative estimate of drug-likeness (QED) is 0.845. The van der Waals surface area contributed by atoms with Crippen molar-refractivity contribution in [2.45, 2.75) is 36.4 Å². The molecule has 0 spiro atoms. The number of nitrogens with one attached hydrogen (secondary N) is 1. The molecule has 0 aliphatic carbocycles. The number of carbonyl (C=O) groups is 1. The van der Waals surface area contributed by atoms with Crippen LogP contribution in [0.5, 0.6) is 0 Å². The number of alkyl halides is 1. The molecule has 1 amide bonds. The molecule has 5 nitrogen and oxygen atoms in total. The second-order valence-corrected chi connectivity index (χ2v) is 6.73. The van der Waals surface area contributed by atoms with Crippen LogP contribution in [0.3, 0.4) is 0 Å². The number of thioether (sulfide) groups is 1. The van der Waals surface area contributed by atoms with Crippen molar-refractivity contribution in [3.8, 4) is 0 Å². The first-order valence-electron chi connectivity index (χ1n) is 5.95. The monoisotopic (exact) mass is 315 g/mol. The maximum absolute atomic E-state index is 14.1. The lowest BCUT2D eigenvalue weighted by atomic mass is 10.2. The minimum atomic E-state index is -1.40. The summed E-state index contributed by atoms with van der Waals surface area (Å²) >= 11 is 2.16. The zero-order valence-corrected chi connectivity index (χ0v) is 12.8. The molecule has 2 aromatic rings. The number of rotatable bonds is 5. The van der Waals surface area contributed by atoms with Crippen molar-refractivity contribution in [1.29, 1.82) is 0 Å². The molecule has 2 heterocycles. The van der Waals surface area contributed by atoms with E-state index in [2.05, 4.69) is 15.3 Å². The van der Waals surface area contributed by atoms with E-state index >= 15 is 0 Å². The van der Waals surface area contributed by atoms with Gasteiger partial charge in [-0.2, -0.15) is 0 Å². The van der Waals surface area contributed by atoms with Crippen molar-refractivity contribution >= 4 is 34.1 Å². The van der Waals surface area contributed by atoms with Crippen LogP contribution in [0.25, 0.3) is 0 Å². The van der Waals surface area contributed by atoms with Gasteiger partial charge in [-0.25, -0.2) is 14.4 Å². The Morgan fingerprint density at radius 2 is 2.20 bits per heavy atom. The molecule has 0 aromatic carbocycles. The smallest absolute Gasteiger partial charge is 0.240 e. The maximum atomic E-state index is 14.1.